The highest BCUT2D eigenvalue weighted by atomic mass is 16.4. The number of aromatic amines is 1. The van der Waals surface area contributed by atoms with Crippen LogP contribution >= 0.6 is 0 Å². The number of carboxylic acids is 1. The van der Waals surface area contributed by atoms with E-state index in [4.69, 9.17) is 33.1 Å². The molecule has 340 valence electrons. The molecule has 0 aliphatic rings. The van der Waals surface area contributed by atoms with Gasteiger partial charge in [-0.3, -0.25) is 39.6 Å². The van der Waals surface area contributed by atoms with Gasteiger partial charge in [0.1, 0.15) is 31.0 Å². The van der Waals surface area contributed by atoms with Crippen molar-refractivity contribution < 1.29 is 38.7 Å². The number of aromatic nitrogens is 1. The van der Waals surface area contributed by atoms with Crippen molar-refractivity contribution in [3.05, 3.63) is 36.0 Å². The molecule has 1 aromatic carbocycles. The number of H-pyrrole nitrogens is 1. The number of nitrogens with two attached hydrogens (primary N) is 3. The van der Waals surface area contributed by atoms with Gasteiger partial charge in [-0.2, -0.15) is 0 Å². The molecule has 0 bridgehead atoms. The van der Waals surface area contributed by atoms with Crippen LogP contribution < -0.4 is 43.8 Å². The number of benzene rings is 1. The molecule has 19 nitrogen and oxygen atoms in total. The molecule has 2 aromatic rings. The number of carbonyl (C=O) groups is 7. The highest BCUT2D eigenvalue weighted by molar-refractivity contribution is 5.95. The lowest BCUT2D eigenvalue weighted by Gasteiger charge is -2.26. The summed E-state index contributed by atoms with van der Waals surface area (Å²) in [4.78, 5) is 89.2. The van der Waals surface area contributed by atoms with Gasteiger partial charge in [0, 0.05) is 35.9 Å². The smallest absolute Gasteiger partial charge is 0.322 e. The molecule has 0 aliphatic heterocycles. The molecule has 5 amide bonds. The maximum absolute atomic E-state index is 13.3. The number of hydrogen-bond acceptors (Lipinski definition) is 10. The number of aldehydes is 1. The van der Waals surface area contributed by atoms with Gasteiger partial charge < -0.3 is 58.7 Å². The van der Waals surface area contributed by atoms with Crippen molar-refractivity contribution in [2.75, 3.05) is 13.1 Å². The Bertz CT molecular complexity index is 1760. The Balaban J connectivity index is 0.00000102. The van der Waals surface area contributed by atoms with Crippen molar-refractivity contribution in [1.29, 1.82) is 10.8 Å². The fourth-order valence-corrected chi connectivity index (χ4v) is 6.23. The summed E-state index contributed by atoms with van der Waals surface area (Å²) >= 11 is 0. The van der Waals surface area contributed by atoms with Crippen LogP contribution in [0.4, 0.5) is 0 Å². The van der Waals surface area contributed by atoms with Gasteiger partial charge in [0.15, 0.2) is 0 Å². The molecule has 2 rings (SSSR count). The Morgan fingerprint density at radius 1 is 0.787 bits per heavy atom. The largest absolute Gasteiger partial charge is 0.480 e. The van der Waals surface area contributed by atoms with Crippen LogP contribution in [0.25, 0.3) is 10.9 Å². The number of nitrogens with one attached hydrogen (secondary N) is 8. The molecule has 0 saturated carbocycles. The first-order valence-electron chi connectivity index (χ1n) is 20.9. The molecule has 0 saturated heterocycles. The van der Waals surface area contributed by atoms with Crippen molar-refractivity contribution >= 4 is 64.4 Å². The molecular weight excluding hydrogens is 787 g/mol. The second-order valence-corrected chi connectivity index (χ2v) is 15.9. The molecule has 15 N–H and O–H groups in total. The van der Waals surface area contributed by atoms with E-state index in [1.807, 2.05) is 39.1 Å². The van der Waals surface area contributed by atoms with E-state index in [2.05, 4.69) is 43.7 Å². The quantitative estimate of drug-likeness (QED) is 0.0253. The highest BCUT2D eigenvalue weighted by Crippen LogP contribution is 2.21. The minimum Gasteiger partial charge on any atom is -0.480 e. The van der Waals surface area contributed by atoms with Crippen LogP contribution in [0.5, 0.6) is 0 Å². The standard InChI is InChI=1S/C29H54N10O7.C13H15NO/c1-16(2)13-18(30)26(43)39-25(17(3)4)29(46)38-20(10-6-8-12-22(33)34)28(45)35-14-23(40)37-19(9-5-7-11-21(31)32)27(44)36-15-24(41)42;1-2-10(9-15)7-11-8-14-13-6-4-3-5-12(11)13/h16-20,25H,5-15,30H2,1-4H3,(H3,31,32)(H3,33,34)(H,35,45)(H,36,44)(H,37,40)(H,38,46)(H,39,43)(H,41,42);3-6,8-10,14H,2,7H2,1H3. The third-order valence-electron chi connectivity index (χ3n) is 9.68. The summed E-state index contributed by atoms with van der Waals surface area (Å²) in [5, 5.41) is 37.3. The van der Waals surface area contributed by atoms with E-state index < -0.39 is 72.8 Å². The predicted octanol–water partition coefficient (Wildman–Crippen LogP) is 1.72. The van der Waals surface area contributed by atoms with Gasteiger partial charge in [0.25, 0.3) is 0 Å². The van der Waals surface area contributed by atoms with Gasteiger partial charge in [-0.25, -0.2) is 0 Å². The summed E-state index contributed by atoms with van der Waals surface area (Å²) in [7, 11) is 0. The number of carboxylic acid groups (broad SMARTS) is 1. The van der Waals surface area contributed by atoms with Crippen molar-refractivity contribution in [2.45, 2.75) is 129 Å². The van der Waals surface area contributed by atoms with E-state index in [-0.39, 0.29) is 42.3 Å². The Morgan fingerprint density at radius 3 is 1.85 bits per heavy atom. The molecule has 5 unspecified atom stereocenters. The summed E-state index contributed by atoms with van der Waals surface area (Å²) in [5.74, 6) is -4.62. The third-order valence-corrected chi connectivity index (χ3v) is 9.68. The van der Waals surface area contributed by atoms with Crippen molar-refractivity contribution in [3.8, 4) is 0 Å². The number of amides is 5. The van der Waals surface area contributed by atoms with Crippen LogP contribution in [0.15, 0.2) is 30.5 Å². The number of fused-ring (bicyclic) bond motifs is 1. The monoisotopic (exact) mass is 856 g/mol. The molecular formula is C42H69N11O8. The van der Waals surface area contributed by atoms with Gasteiger partial charge in [0.2, 0.25) is 29.5 Å². The Labute approximate surface area is 358 Å². The second kappa shape index (κ2) is 28.6. The second-order valence-electron chi connectivity index (χ2n) is 15.9. The van der Waals surface area contributed by atoms with Crippen LogP contribution in [0.3, 0.4) is 0 Å². The zero-order chi connectivity index (χ0) is 46.1. The van der Waals surface area contributed by atoms with E-state index >= 15 is 0 Å². The van der Waals surface area contributed by atoms with Crippen molar-refractivity contribution in [3.63, 3.8) is 0 Å². The lowest BCUT2D eigenvalue weighted by molar-refractivity contribution is -0.138. The van der Waals surface area contributed by atoms with Crippen LogP contribution in [-0.4, -0.2) is 101 Å². The normalized spacial score (nSPS) is 13.4. The fraction of sp³-hybridized carbons (Fsp3) is 0.595. The zero-order valence-electron chi connectivity index (χ0n) is 36.2. The topological polar surface area (TPSA) is 341 Å². The highest BCUT2D eigenvalue weighted by Gasteiger charge is 2.30. The molecule has 19 heteroatoms. The summed E-state index contributed by atoms with van der Waals surface area (Å²) < 4.78 is 0. The molecule has 0 aliphatic carbocycles. The van der Waals surface area contributed by atoms with Gasteiger partial charge >= 0.3 is 5.97 Å². The first-order chi connectivity index (χ1) is 28.8. The number of para-hydroxylation sites is 1. The molecule has 0 radical (unpaired) electrons. The molecule has 1 aromatic heterocycles. The Hall–Kier alpha value is -5.85. The number of amidine groups is 2. The molecule has 61 heavy (non-hydrogen) atoms. The molecule has 1 heterocycles. The number of unbranched alkanes of at least 4 members (excludes halogenated alkanes) is 2. The fourth-order valence-electron chi connectivity index (χ4n) is 6.23. The van der Waals surface area contributed by atoms with Crippen molar-refractivity contribution in [2.24, 2.45) is 35.0 Å². The number of hydrogen-bond donors (Lipinski definition) is 12. The summed E-state index contributed by atoms with van der Waals surface area (Å²) in [6, 6.07) is 4.18. The number of rotatable bonds is 28. The first kappa shape index (κ1) is 53.2. The minimum atomic E-state index is -1.27. The van der Waals surface area contributed by atoms with Crippen molar-refractivity contribution in [1.82, 2.24) is 31.6 Å². The lowest BCUT2D eigenvalue weighted by Crippen LogP contribution is -2.58. The summed E-state index contributed by atoms with van der Waals surface area (Å²) in [6.07, 6.45) is 7.85. The van der Waals surface area contributed by atoms with Gasteiger partial charge in [-0.15, -0.1) is 0 Å². The third kappa shape index (κ3) is 21.8. The SMILES string of the molecule is CC(C)CC(N)C(=O)NC(C(=O)NC(CCCCC(=N)N)C(=O)NCC(=O)NC(CCCCC(=N)N)C(=O)NCC(=O)O)C(C)C.CCC(C=O)Cc1c[nH]c2ccccc12. The van der Waals surface area contributed by atoms with E-state index in [0.717, 1.165) is 24.6 Å². The predicted molar refractivity (Wildman–Crippen MR) is 234 cm³/mol. The van der Waals surface area contributed by atoms with Crippen LogP contribution in [0, 0.1) is 28.6 Å². The van der Waals surface area contributed by atoms with Gasteiger partial charge in [-0.05, 0) is 68.4 Å². The van der Waals surface area contributed by atoms with E-state index in [0.29, 0.717) is 44.9 Å². The minimum absolute atomic E-state index is 0.0229. The maximum atomic E-state index is 13.3. The first-order valence-corrected chi connectivity index (χ1v) is 20.9. The zero-order valence-corrected chi connectivity index (χ0v) is 36.2. The average Bonchev–Trinajstić information content (AvgIpc) is 3.61. The Kier molecular flexibility index (Phi) is 24.9. The number of aliphatic carboxylic acids is 1. The van der Waals surface area contributed by atoms with Gasteiger partial charge in [0.05, 0.1) is 24.3 Å². The van der Waals surface area contributed by atoms with Crippen LogP contribution in [0.2, 0.25) is 0 Å². The van der Waals surface area contributed by atoms with Gasteiger partial charge in [-0.1, -0.05) is 65.7 Å². The summed E-state index contributed by atoms with van der Waals surface area (Å²) in [5.41, 5.74) is 19.1. The lowest BCUT2D eigenvalue weighted by atomic mass is 9.98. The molecule has 0 spiro atoms. The van der Waals surface area contributed by atoms with E-state index in [1.165, 1.54) is 10.9 Å². The summed E-state index contributed by atoms with van der Waals surface area (Å²) in [6.45, 7) is 8.14. The van der Waals surface area contributed by atoms with Crippen LogP contribution in [0.1, 0.15) is 104 Å². The van der Waals surface area contributed by atoms with E-state index in [9.17, 15) is 33.6 Å². The Morgan fingerprint density at radius 2 is 1.34 bits per heavy atom. The molecule has 0 fully saturated rings. The van der Waals surface area contributed by atoms with Crippen LogP contribution in [-0.2, 0) is 40.0 Å². The molecule has 5 atom stereocenters. The maximum Gasteiger partial charge on any atom is 0.322 e. The number of carbonyl (C=O) groups excluding carboxylic acids is 6. The van der Waals surface area contributed by atoms with E-state index in [1.54, 1.807) is 13.8 Å². The average molecular weight is 856 g/mol.